The zero-order valence-electron chi connectivity index (χ0n) is 16.4. The van der Waals surface area contributed by atoms with Crippen LogP contribution in [0.3, 0.4) is 0 Å². The monoisotopic (exact) mass is 412 g/mol. The molecule has 4 aromatic rings. The molecule has 0 radical (unpaired) electrons. The number of nitrogens with two attached hydrogens (primary N) is 1. The number of benzene rings is 1. The number of aromatic nitrogens is 6. The summed E-state index contributed by atoms with van der Waals surface area (Å²) in [7, 11) is 0. The van der Waals surface area contributed by atoms with E-state index >= 15 is 0 Å². The molecule has 0 saturated heterocycles. The maximum atomic E-state index is 9.10. The van der Waals surface area contributed by atoms with Crippen molar-refractivity contribution in [2.45, 2.75) is 13.5 Å². The van der Waals surface area contributed by atoms with Gasteiger partial charge in [0.25, 0.3) is 0 Å². The van der Waals surface area contributed by atoms with Crippen molar-refractivity contribution in [1.29, 1.82) is 5.26 Å². The molecule has 0 amide bonds. The third-order valence-electron chi connectivity index (χ3n) is 4.13. The van der Waals surface area contributed by atoms with Crippen molar-refractivity contribution in [2.24, 2.45) is 0 Å². The molecule has 0 bridgehead atoms. The maximum Gasteiger partial charge on any atom is 0.373 e. The van der Waals surface area contributed by atoms with E-state index in [9.17, 15) is 0 Å². The van der Waals surface area contributed by atoms with Crippen LogP contribution >= 0.6 is 0 Å². The molecule has 4 rings (SSSR count). The first-order valence-electron chi connectivity index (χ1n) is 8.99. The van der Waals surface area contributed by atoms with Crippen molar-refractivity contribution >= 4 is 12.1 Å². The van der Waals surface area contributed by atoms with Gasteiger partial charge in [-0.15, -0.1) is 5.10 Å². The highest BCUT2D eigenvalue weighted by atomic mass is 16.2. The van der Waals surface area contributed by atoms with Crippen LogP contribution < -0.4 is 5.73 Å². The minimum absolute atomic E-state index is 0.129. The van der Waals surface area contributed by atoms with Gasteiger partial charge in [0.15, 0.2) is 0 Å². The van der Waals surface area contributed by atoms with Crippen LogP contribution in [0.15, 0.2) is 54.9 Å². The largest absolute Gasteiger partial charge is 0.373 e. The Hall–Kier alpha value is -4.74. The lowest BCUT2D eigenvalue weighted by Gasteiger charge is -2.05. The molecule has 0 fully saturated rings. The third-order valence-corrected chi connectivity index (χ3v) is 4.13. The number of pyridine rings is 1. The molecule has 152 valence electrons. The molecule has 10 nitrogen and oxygen atoms in total. The van der Waals surface area contributed by atoms with Crippen molar-refractivity contribution in [3.05, 3.63) is 71.7 Å². The van der Waals surface area contributed by atoms with E-state index in [4.69, 9.17) is 20.6 Å². The van der Waals surface area contributed by atoms with E-state index in [1.165, 1.54) is 0 Å². The summed E-state index contributed by atoms with van der Waals surface area (Å²) >= 11 is 0. The van der Waals surface area contributed by atoms with Gasteiger partial charge in [0.1, 0.15) is 5.69 Å². The van der Waals surface area contributed by atoms with Gasteiger partial charge in [-0.3, -0.25) is 4.98 Å². The molecular formula is C21H16N8O2. The van der Waals surface area contributed by atoms with Gasteiger partial charge in [-0.2, -0.15) is 14.9 Å². The number of carbonyl (C=O) groups excluding carboxylic acids is 2. The fourth-order valence-electron chi connectivity index (χ4n) is 2.74. The van der Waals surface area contributed by atoms with Crippen LogP contribution in [0.2, 0.25) is 0 Å². The Morgan fingerprint density at radius 3 is 2.55 bits per heavy atom. The molecule has 3 aromatic heterocycles. The minimum Gasteiger partial charge on any atom is -0.368 e. The molecule has 10 heteroatoms. The van der Waals surface area contributed by atoms with Gasteiger partial charge in [0.05, 0.1) is 41.5 Å². The highest BCUT2D eigenvalue weighted by Gasteiger charge is 2.11. The molecule has 0 aliphatic rings. The normalized spacial score (nSPS) is 9.81. The van der Waals surface area contributed by atoms with E-state index in [0.29, 0.717) is 29.2 Å². The molecule has 0 spiro atoms. The molecule has 3 heterocycles. The number of hydrogen-bond acceptors (Lipinski definition) is 9. The van der Waals surface area contributed by atoms with Gasteiger partial charge in [0, 0.05) is 11.8 Å². The molecule has 0 atom stereocenters. The van der Waals surface area contributed by atoms with E-state index in [1.807, 2.05) is 31.3 Å². The number of anilines is 1. The number of nitriles is 1. The minimum atomic E-state index is 0.129. The first-order chi connectivity index (χ1) is 15.0. The molecule has 0 saturated carbocycles. The Balaban J connectivity index is 0.000000858. The second kappa shape index (κ2) is 9.65. The predicted molar refractivity (Wildman–Crippen MR) is 109 cm³/mol. The van der Waals surface area contributed by atoms with Crippen LogP contribution in [0, 0.1) is 18.3 Å². The van der Waals surface area contributed by atoms with Crippen LogP contribution in [0.5, 0.6) is 0 Å². The highest BCUT2D eigenvalue weighted by molar-refractivity contribution is 5.68. The lowest BCUT2D eigenvalue weighted by molar-refractivity contribution is -0.191. The summed E-state index contributed by atoms with van der Waals surface area (Å²) in [6.07, 6.45) is 3.86. The van der Waals surface area contributed by atoms with Crippen LogP contribution in [-0.2, 0) is 16.1 Å². The van der Waals surface area contributed by atoms with E-state index in [-0.39, 0.29) is 12.1 Å². The molecule has 2 N–H and O–H groups in total. The quantitative estimate of drug-likeness (QED) is 0.530. The Kier molecular flexibility index (Phi) is 6.53. The van der Waals surface area contributed by atoms with Crippen molar-refractivity contribution in [3.8, 4) is 28.7 Å². The second-order valence-electron chi connectivity index (χ2n) is 6.40. The van der Waals surface area contributed by atoms with Crippen LogP contribution in [0.4, 0.5) is 5.95 Å². The lowest BCUT2D eigenvalue weighted by atomic mass is 10.1. The zero-order valence-corrected chi connectivity index (χ0v) is 16.4. The number of hydrogen-bond donors (Lipinski definition) is 1. The SMILES string of the molecule is Cc1ccc(Cn2cc(-c3cc(-c4cccc(C#N)c4)nc(N)n3)nn2)nc1.O=C=O. The lowest BCUT2D eigenvalue weighted by Crippen LogP contribution is -2.02. The highest BCUT2D eigenvalue weighted by Crippen LogP contribution is 2.24. The van der Waals surface area contributed by atoms with Crippen molar-refractivity contribution < 1.29 is 9.59 Å². The molecule has 0 aliphatic heterocycles. The van der Waals surface area contributed by atoms with Crippen molar-refractivity contribution in [3.63, 3.8) is 0 Å². The first-order valence-corrected chi connectivity index (χ1v) is 8.99. The summed E-state index contributed by atoms with van der Waals surface area (Å²) in [5.41, 5.74) is 11.0. The van der Waals surface area contributed by atoms with Gasteiger partial charge in [-0.05, 0) is 36.8 Å². The number of aryl methyl sites for hydroxylation is 1. The van der Waals surface area contributed by atoms with Gasteiger partial charge in [0.2, 0.25) is 5.95 Å². The summed E-state index contributed by atoms with van der Waals surface area (Å²) in [5, 5.41) is 17.5. The predicted octanol–water partition coefficient (Wildman–Crippen LogP) is 2.02. The van der Waals surface area contributed by atoms with E-state index in [0.717, 1.165) is 16.8 Å². The van der Waals surface area contributed by atoms with Gasteiger partial charge >= 0.3 is 6.15 Å². The second-order valence-corrected chi connectivity index (χ2v) is 6.40. The van der Waals surface area contributed by atoms with Gasteiger partial charge in [-0.1, -0.05) is 23.4 Å². The summed E-state index contributed by atoms with van der Waals surface area (Å²) < 4.78 is 1.70. The molecule has 0 unspecified atom stereocenters. The van der Waals surface area contributed by atoms with Crippen molar-refractivity contribution in [1.82, 2.24) is 29.9 Å². The third kappa shape index (κ3) is 5.41. The molecule has 31 heavy (non-hydrogen) atoms. The smallest absolute Gasteiger partial charge is 0.368 e. The Morgan fingerprint density at radius 2 is 1.84 bits per heavy atom. The van der Waals surface area contributed by atoms with Crippen LogP contribution in [0.25, 0.3) is 22.6 Å². The first kappa shape index (κ1) is 21.0. The van der Waals surface area contributed by atoms with Gasteiger partial charge in [-0.25, -0.2) is 14.6 Å². The standard InChI is InChI=1S/C20H16N8.CO2/c1-13-5-6-16(23-10-13)11-28-12-19(26-27-28)18-8-17(24-20(22)25-18)15-4-2-3-14(7-15)9-21;2-1-3/h2-8,10,12H,11H2,1H3,(H2,22,24,25);. The fourth-order valence-corrected chi connectivity index (χ4v) is 2.74. The Labute approximate surface area is 177 Å². The zero-order chi connectivity index (χ0) is 22.2. The Morgan fingerprint density at radius 1 is 1.06 bits per heavy atom. The topological polar surface area (TPSA) is 153 Å². The van der Waals surface area contributed by atoms with Crippen molar-refractivity contribution in [2.75, 3.05) is 5.73 Å². The fraction of sp³-hybridized carbons (Fsp3) is 0.0952. The number of nitrogens with zero attached hydrogens (tertiary/aromatic N) is 7. The van der Waals surface area contributed by atoms with Crippen LogP contribution in [0.1, 0.15) is 16.8 Å². The summed E-state index contributed by atoms with van der Waals surface area (Å²) in [4.78, 5) is 29.2. The van der Waals surface area contributed by atoms with E-state index in [1.54, 1.807) is 35.1 Å². The molecular weight excluding hydrogens is 396 g/mol. The number of nitrogen functional groups attached to an aromatic ring is 1. The Bertz CT molecular complexity index is 1270. The molecule has 1 aromatic carbocycles. The van der Waals surface area contributed by atoms with E-state index in [2.05, 4.69) is 31.3 Å². The summed E-state index contributed by atoms with van der Waals surface area (Å²) in [6.45, 7) is 2.50. The maximum absolute atomic E-state index is 9.10. The number of rotatable bonds is 4. The average molecular weight is 412 g/mol. The average Bonchev–Trinajstić information content (AvgIpc) is 3.24. The van der Waals surface area contributed by atoms with Gasteiger partial charge < -0.3 is 5.73 Å². The van der Waals surface area contributed by atoms with Crippen LogP contribution in [-0.4, -0.2) is 36.1 Å². The van der Waals surface area contributed by atoms with E-state index < -0.39 is 0 Å². The summed E-state index contributed by atoms with van der Waals surface area (Å²) in [6, 6.07) is 15.0. The summed E-state index contributed by atoms with van der Waals surface area (Å²) in [5.74, 6) is 0.129. The molecule has 0 aliphatic carbocycles.